The van der Waals surface area contributed by atoms with Gasteiger partial charge in [-0.2, -0.15) is 13.2 Å². The van der Waals surface area contributed by atoms with Crippen molar-refractivity contribution in [2.45, 2.75) is 43.2 Å². The molecular formula is C15H21F3N4O3S. The van der Waals surface area contributed by atoms with Gasteiger partial charge in [-0.05, 0) is 31.7 Å². The Balaban J connectivity index is 1.57. The monoisotopic (exact) mass is 394 g/mol. The van der Waals surface area contributed by atoms with Crippen LogP contribution in [0.5, 0.6) is 0 Å². The molecule has 0 unspecified atom stereocenters. The molecule has 146 valence electrons. The van der Waals surface area contributed by atoms with Gasteiger partial charge in [0.2, 0.25) is 16.0 Å². The van der Waals surface area contributed by atoms with Gasteiger partial charge in [0.05, 0.1) is 5.25 Å². The van der Waals surface area contributed by atoms with Crippen molar-refractivity contribution >= 4 is 16.0 Å². The standard InChI is InChI=1S/C15H21F3N4O3S/c16-15(17,18)13-1-6-19-14(21-13)20-11-2-7-22(8-3-11)26(23,24)12-4-9-25-10-5-12/h1,6,11-12H,2-5,7-10H2,(H,19,20,21). The molecule has 26 heavy (non-hydrogen) atoms. The maximum absolute atomic E-state index is 12.7. The first-order valence-corrected chi connectivity index (χ1v) is 10.0. The number of hydrogen-bond donors (Lipinski definition) is 1. The summed E-state index contributed by atoms with van der Waals surface area (Å²) >= 11 is 0. The van der Waals surface area contributed by atoms with Crippen LogP contribution < -0.4 is 5.32 Å². The third-order valence-corrected chi connectivity index (χ3v) is 7.08. The maximum atomic E-state index is 12.7. The van der Waals surface area contributed by atoms with Crippen LogP contribution in [0.4, 0.5) is 19.1 Å². The van der Waals surface area contributed by atoms with E-state index in [2.05, 4.69) is 15.3 Å². The quantitative estimate of drug-likeness (QED) is 0.840. The second-order valence-electron chi connectivity index (χ2n) is 6.44. The maximum Gasteiger partial charge on any atom is 0.433 e. The first kappa shape index (κ1) is 19.3. The third-order valence-electron chi connectivity index (χ3n) is 4.68. The van der Waals surface area contributed by atoms with Crippen molar-refractivity contribution < 1.29 is 26.3 Å². The summed E-state index contributed by atoms with van der Waals surface area (Å²) in [7, 11) is -3.36. The Bertz CT molecular complexity index is 715. The summed E-state index contributed by atoms with van der Waals surface area (Å²) in [6, 6.07) is 0.647. The van der Waals surface area contributed by atoms with E-state index >= 15 is 0 Å². The predicted molar refractivity (Wildman–Crippen MR) is 88.0 cm³/mol. The van der Waals surface area contributed by atoms with Gasteiger partial charge in [0, 0.05) is 38.5 Å². The van der Waals surface area contributed by atoms with Gasteiger partial charge in [-0.25, -0.2) is 22.7 Å². The van der Waals surface area contributed by atoms with E-state index in [1.165, 1.54) is 4.31 Å². The highest BCUT2D eigenvalue weighted by atomic mass is 32.2. The second-order valence-corrected chi connectivity index (χ2v) is 8.65. The Labute approximate surface area is 150 Å². The van der Waals surface area contributed by atoms with E-state index in [0.29, 0.717) is 52.0 Å². The molecule has 0 saturated carbocycles. The Morgan fingerprint density at radius 1 is 1.15 bits per heavy atom. The second kappa shape index (κ2) is 7.65. The van der Waals surface area contributed by atoms with Crippen molar-refractivity contribution in [3.05, 3.63) is 18.0 Å². The number of nitrogens with zero attached hydrogens (tertiary/aromatic N) is 3. The molecule has 0 aromatic carbocycles. The lowest BCUT2D eigenvalue weighted by molar-refractivity contribution is -0.141. The molecular weight excluding hydrogens is 373 g/mol. The number of sulfonamides is 1. The molecule has 1 aromatic rings. The van der Waals surface area contributed by atoms with E-state index in [9.17, 15) is 21.6 Å². The van der Waals surface area contributed by atoms with Crippen LogP contribution in [0, 0.1) is 0 Å². The molecule has 0 amide bonds. The molecule has 2 fully saturated rings. The lowest BCUT2D eigenvalue weighted by Crippen LogP contribution is -2.47. The molecule has 0 aliphatic carbocycles. The first-order chi connectivity index (χ1) is 12.3. The molecule has 0 bridgehead atoms. The molecule has 0 spiro atoms. The Hall–Kier alpha value is -1.46. The van der Waals surface area contributed by atoms with Crippen LogP contribution in [0.1, 0.15) is 31.4 Å². The van der Waals surface area contributed by atoms with E-state index < -0.39 is 27.1 Å². The van der Waals surface area contributed by atoms with Gasteiger partial charge in [0.1, 0.15) is 5.69 Å². The predicted octanol–water partition coefficient (Wildman–Crippen LogP) is 1.88. The van der Waals surface area contributed by atoms with E-state index in [1.54, 1.807) is 0 Å². The number of aromatic nitrogens is 2. The van der Waals surface area contributed by atoms with Crippen molar-refractivity contribution in [3.8, 4) is 0 Å². The van der Waals surface area contributed by atoms with Crippen LogP contribution in [-0.2, 0) is 20.9 Å². The zero-order chi connectivity index (χ0) is 18.8. The fourth-order valence-electron chi connectivity index (χ4n) is 3.21. The summed E-state index contributed by atoms with van der Waals surface area (Å²) in [5.41, 5.74) is -1.01. The van der Waals surface area contributed by atoms with Crippen molar-refractivity contribution in [3.63, 3.8) is 0 Å². The number of alkyl halides is 3. The van der Waals surface area contributed by atoms with Crippen molar-refractivity contribution in [1.29, 1.82) is 0 Å². The number of anilines is 1. The van der Waals surface area contributed by atoms with Gasteiger partial charge >= 0.3 is 6.18 Å². The van der Waals surface area contributed by atoms with Gasteiger partial charge in [-0.3, -0.25) is 0 Å². The van der Waals surface area contributed by atoms with Crippen LogP contribution in [0.2, 0.25) is 0 Å². The van der Waals surface area contributed by atoms with Crippen molar-refractivity contribution in [2.75, 3.05) is 31.6 Å². The molecule has 3 heterocycles. The lowest BCUT2D eigenvalue weighted by atomic mass is 10.1. The van der Waals surface area contributed by atoms with Crippen molar-refractivity contribution in [1.82, 2.24) is 14.3 Å². The molecule has 0 radical (unpaired) electrons. The molecule has 1 N–H and O–H groups in total. The smallest absolute Gasteiger partial charge is 0.381 e. The Kier molecular flexibility index (Phi) is 5.68. The number of rotatable bonds is 4. The molecule has 11 heteroatoms. The minimum absolute atomic E-state index is 0.0921. The summed E-state index contributed by atoms with van der Waals surface area (Å²) in [6.45, 7) is 1.57. The van der Waals surface area contributed by atoms with E-state index in [0.717, 1.165) is 12.3 Å². The zero-order valence-corrected chi connectivity index (χ0v) is 14.9. The van der Waals surface area contributed by atoms with Gasteiger partial charge in [-0.15, -0.1) is 0 Å². The fraction of sp³-hybridized carbons (Fsp3) is 0.733. The topological polar surface area (TPSA) is 84.4 Å². The van der Waals surface area contributed by atoms with Crippen LogP contribution in [0.15, 0.2) is 12.3 Å². The molecule has 2 aliphatic rings. The van der Waals surface area contributed by atoms with Crippen LogP contribution >= 0.6 is 0 Å². The minimum atomic E-state index is -4.53. The van der Waals surface area contributed by atoms with Crippen LogP contribution in [0.25, 0.3) is 0 Å². The van der Waals surface area contributed by atoms with Gasteiger partial charge in [-0.1, -0.05) is 0 Å². The minimum Gasteiger partial charge on any atom is -0.381 e. The number of hydrogen-bond acceptors (Lipinski definition) is 6. The third kappa shape index (κ3) is 4.44. The van der Waals surface area contributed by atoms with Crippen LogP contribution in [-0.4, -0.2) is 60.3 Å². The molecule has 1 aromatic heterocycles. The summed E-state index contributed by atoms with van der Waals surface area (Å²) in [6.07, 6.45) is -1.50. The summed E-state index contributed by atoms with van der Waals surface area (Å²) in [5, 5.41) is 2.47. The molecule has 2 aliphatic heterocycles. The zero-order valence-electron chi connectivity index (χ0n) is 14.1. The van der Waals surface area contributed by atoms with Gasteiger partial charge < -0.3 is 10.1 Å². The fourth-order valence-corrected chi connectivity index (χ4v) is 5.14. The average molecular weight is 394 g/mol. The largest absolute Gasteiger partial charge is 0.433 e. The molecule has 3 rings (SSSR count). The summed E-state index contributed by atoms with van der Waals surface area (Å²) in [4.78, 5) is 7.31. The highest BCUT2D eigenvalue weighted by molar-refractivity contribution is 7.89. The molecule has 2 saturated heterocycles. The van der Waals surface area contributed by atoms with Gasteiger partial charge in [0.25, 0.3) is 0 Å². The Morgan fingerprint density at radius 2 is 1.81 bits per heavy atom. The van der Waals surface area contributed by atoms with E-state index in [1.807, 2.05) is 0 Å². The highest BCUT2D eigenvalue weighted by Gasteiger charge is 2.36. The Morgan fingerprint density at radius 3 is 2.42 bits per heavy atom. The highest BCUT2D eigenvalue weighted by Crippen LogP contribution is 2.28. The van der Waals surface area contributed by atoms with Gasteiger partial charge in [0.15, 0.2) is 0 Å². The average Bonchev–Trinajstić information content (AvgIpc) is 2.62. The molecule has 7 nitrogen and oxygen atoms in total. The summed E-state index contributed by atoms with van der Waals surface area (Å²) < 4.78 is 70.1. The lowest BCUT2D eigenvalue weighted by Gasteiger charge is -2.35. The number of ether oxygens (including phenoxy) is 1. The number of piperidine rings is 1. The summed E-state index contributed by atoms with van der Waals surface area (Å²) in [5.74, 6) is -0.0921. The first-order valence-electron chi connectivity index (χ1n) is 8.50. The number of nitrogens with one attached hydrogen (secondary N) is 1. The normalized spacial score (nSPS) is 21.7. The SMILES string of the molecule is O=S(=O)(C1CCOCC1)N1CCC(Nc2nccc(C(F)(F)F)n2)CC1. The van der Waals surface area contributed by atoms with E-state index in [4.69, 9.17) is 4.74 Å². The van der Waals surface area contributed by atoms with Crippen LogP contribution in [0.3, 0.4) is 0 Å². The van der Waals surface area contributed by atoms with Crippen molar-refractivity contribution in [2.24, 2.45) is 0 Å². The number of halogens is 3. The molecule has 0 atom stereocenters. The van der Waals surface area contributed by atoms with E-state index in [-0.39, 0.29) is 12.0 Å².